The van der Waals surface area contributed by atoms with Crippen LogP contribution in [0, 0.1) is 5.92 Å². The summed E-state index contributed by atoms with van der Waals surface area (Å²) in [5.41, 5.74) is 0.906. The number of furan rings is 1. The third-order valence-corrected chi connectivity index (χ3v) is 4.69. The van der Waals surface area contributed by atoms with Gasteiger partial charge in [-0.15, -0.1) is 0 Å². The van der Waals surface area contributed by atoms with Crippen LogP contribution in [0.15, 0.2) is 52.1 Å². The maximum absolute atomic E-state index is 11.8. The van der Waals surface area contributed by atoms with E-state index in [0.717, 1.165) is 36.5 Å². The first kappa shape index (κ1) is 23.7. The number of nitrogens with zero attached hydrogens (tertiary/aromatic N) is 1. The lowest BCUT2D eigenvalue weighted by molar-refractivity contribution is -0.122. The number of amides is 1. The van der Waals surface area contributed by atoms with Crippen molar-refractivity contribution in [3.05, 3.63) is 48.4 Å². The van der Waals surface area contributed by atoms with Crippen molar-refractivity contribution in [3.63, 3.8) is 0 Å². The zero-order valence-electron chi connectivity index (χ0n) is 18.9. The lowest BCUT2D eigenvalue weighted by Gasteiger charge is -2.14. The number of hydrogen-bond donors (Lipinski definition) is 3. The van der Waals surface area contributed by atoms with E-state index < -0.39 is 0 Å². The van der Waals surface area contributed by atoms with E-state index in [1.165, 1.54) is 0 Å². The molecule has 1 fully saturated rings. The van der Waals surface area contributed by atoms with E-state index in [1.807, 2.05) is 50.2 Å². The number of nitrogens with one attached hydrogen (secondary N) is 3. The maximum atomic E-state index is 11.8. The molecule has 1 amide bonds. The first-order valence-corrected chi connectivity index (χ1v) is 11.3. The summed E-state index contributed by atoms with van der Waals surface area (Å²) in [6, 6.07) is 11.5. The summed E-state index contributed by atoms with van der Waals surface area (Å²) < 4.78 is 16.6. The molecular weight excluding hydrogens is 408 g/mol. The van der Waals surface area contributed by atoms with Crippen molar-refractivity contribution < 1.29 is 18.7 Å². The molecule has 1 aromatic carbocycles. The lowest BCUT2D eigenvalue weighted by Crippen LogP contribution is -2.38. The molecule has 174 valence electrons. The van der Waals surface area contributed by atoms with Crippen LogP contribution in [0.5, 0.6) is 5.75 Å². The number of ether oxygens (including phenoxy) is 2. The van der Waals surface area contributed by atoms with Crippen molar-refractivity contribution in [1.29, 1.82) is 0 Å². The van der Waals surface area contributed by atoms with Gasteiger partial charge < -0.3 is 29.8 Å². The molecule has 1 saturated carbocycles. The molecule has 0 saturated heterocycles. The number of hydrogen-bond acceptors (Lipinski definition) is 5. The Morgan fingerprint density at radius 3 is 2.62 bits per heavy atom. The van der Waals surface area contributed by atoms with Crippen LogP contribution < -0.4 is 20.7 Å². The molecule has 32 heavy (non-hydrogen) atoms. The van der Waals surface area contributed by atoms with Gasteiger partial charge in [0, 0.05) is 37.8 Å². The number of carbonyl (C=O) groups is 1. The summed E-state index contributed by atoms with van der Waals surface area (Å²) in [4.78, 5) is 16.4. The van der Waals surface area contributed by atoms with Crippen LogP contribution in [0.3, 0.4) is 0 Å². The van der Waals surface area contributed by atoms with Gasteiger partial charge in [-0.3, -0.25) is 9.79 Å². The van der Waals surface area contributed by atoms with Gasteiger partial charge in [0.15, 0.2) is 5.96 Å². The van der Waals surface area contributed by atoms with Gasteiger partial charge in [0.05, 0.1) is 12.4 Å². The molecule has 1 aliphatic carbocycles. The van der Waals surface area contributed by atoms with E-state index >= 15 is 0 Å². The molecule has 0 atom stereocenters. The van der Waals surface area contributed by atoms with Crippen molar-refractivity contribution in [1.82, 2.24) is 10.6 Å². The Morgan fingerprint density at radius 1 is 1.16 bits per heavy atom. The molecule has 0 aliphatic heterocycles. The van der Waals surface area contributed by atoms with Gasteiger partial charge in [0.1, 0.15) is 18.1 Å². The number of benzene rings is 1. The van der Waals surface area contributed by atoms with Gasteiger partial charge in [-0.25, -0.2) is 0 Å². The van der Waals surface area contributed by atoms with Crippen molar-refractivity contribution >= 4 is 17.6 Å². The summed E-state index contributed by atoms with van der Waals surface area (Å²) >= 11 is 0. The monoisotopic (exact) mass is 442 g/mol. The van der Waals surface area contributed by atoms with Crippen LogP contribution >= 0.6 is 0 Å². The minimum atomic E-state index is 0.133. The SMILES string of the molecule is CC(C)Oc1ccc(NC(=NCCCOCc2ccco2)NCCNC(=O)C2CC2)cc1. The zero-order chi connectivity index (χ0) is 22.6. The van der Waals surface area contributed by atoms with E-state index in [-0.39, 0.29) is 17.9 Å². The van der Waals surface area contributed by atoms with E-state index in [9.17, 15) is 4.79 Å². The van der Waals surface area contributed by atoms with Crippen molar-refractivity contribution in [2.24, 2.45) is 10.9 Å². The van der Waals surface area contributed by atoms with Crippen LogP contribution in [-0.2, 0) is 16.1 Å². The van der Waals surface area contributed by atoms with Crippen molar-refractivity contribution in [2.75, 3.05) is 31.6 Å². The van der Waals surface area contributed by atoms with E-state index in [0.29, 0.717) is 38.8 Å². The Kier molecular flexibility index (Phi) is 9.43. The summed E-state index contributed by atoms with van der Waals surface area (Å²) in [5.74, 6) is 2.67. The highest BCUT2D eigenvalue weighted by Crippen LogP contribution is 2.28. The van der Waals surface area contributed by atoms with E-state index in [2.05, 4.69) is 20.9 Å². The Labute approximate surface area is 189 Å². The third-order valence-electron chi connectivity index (χ3n) is 4.69. The molecular formula is C24H34N4O4. The second kappa shape index (κ2) is 12.8. The molecule has 0 bridgehead atoms. The number of guanidine groups is 1. The number of anilines is 1. The molecule has 1 aromatic heterocycles. The zero-order valence-corrected chi connectivity index (χ0v) is 18.9. The smallest absolute Gasteiger partial charge is 0.223 e. The third kappa shape index (κ3) is 9.01. The number of aliphatic imine (C=N–C) groups is 1. The topological polar surface area (TPSA) is 97.1 Å². The Morgan fingerprint density at radius 2 is 1.94 bits per heavy atom. The van der Waals surface area contributed by atoms with Crippen LogP contribution in [0.4, 0.5) is 5.69 Å². The normalized spacial score (nSPS) is 13.8. The van der Waals surface area contributed by atoms with Gasteiger partial charge in [-0.1, -0.05) is 0 Å². The van der Waals surface area contributed by atoms with Crippen LogP contribution in [-0.4, -0.2) is 44.2 Å². The average molecular weight is 443 g/mol. The molecule has 0 radical (unpaired) electrons. The van der Waals surface area contributed by atoms with Crippen LogP contribution in [0.2, 0.25) is 0 Å². The van der Waals surface area contributed by atoms with Gasteiger partial charge in [-0.05, 0) is 69.5 Å². The summed E-state index contributed by atoms with van der Waals surface area (Å²) in [7, 11) is 0. The number of rotatable bonds is 13. The summed E-state index contributed by atoms with van der Waals surface area (Å²) in [6.07, 6.45) is 4.57. The second-order valence-electron chi connectivity index (χ2n) is 8.02. The molecule has 0 spiro atoms. The fourth-order valence-electron chi connectivity index (χ4n) is 2.95. The Hall–Kier alpha value is -3.00. The predicted octanol–water partition coefficient (Wildman–Crippen LogP) is 3.56. The number of carbonyl (C=O) groups excluding carboxylic acids is 1. The fraction of sp³-hybridized carbons (Fsp3) is 0.500. The molecule has 1 heterocycles. The Balaban J connectivity index is 1.44. The highest BCUT2D eigenvalue weighted by atomic mass is 16.5. The van der Waals surface area contributed by atoms with Gasteiger partial charge >= 0.3 is 0 Å². The Bertz CT molecular complexity index is 830. The highest BCUT2D eigenvalue weighted by Gasteiger charge is 2.28. The van der Waals surface area contributed by atoms with E-state index in [1.54, 1.807) is 6.26 Å². The summed E-state index contributed by atoms with van der Waals surface area (Å²) in [6.45, 7) is 6.82. The average Bonchev–Trinajstić information content (AvgIpc) is 3.50. The maximum Gasteiger partial charge on any atom is 0.223 e. The molecule has 2 aromatic rings. The predicted molar refractivity (Wildman–Crippen MR) is 125 cm³/mol. The van der Waals surface area contributed by atoms with Crippen molar-refractivity contribution in [3.8, 4) is 5.75 Å². The van der Waals surface area contributed by atoms with Gasteiger partial charge in [0.2, 0.25) is 5.91 Å². The van der Waals surface area contributed by atoms with Crippen LogP contribution in [0.1, 0.15) is 38.9 Å². The standard InChI is InChI=1S/C24H34N4O4/c1-18(2)32-21-10-8-20(9-11-21)28-24(27-14-13-25-23(29)19-6-7-19)26-12-4-15-30-17-22-5-3-16-31-22/h3,5,8-11,16,18-19H,4,6-7,12-15,17H2,1-2H3,(H,25,29)(H2,26,27,28). The minimum Gasteiger partial charge on any atom is -0.491 e. The molecule has 3 N–H and O–H groups in total. The largest absolute Gasteiger partial charge is 0.491 e. The summed E-state index contributed by atoms with van der Waals surface area (Å²) in [5, 5.41) is 9.55. The molecule has 0 unspecified atom stereocenters. The molecule has 1 aliphatic rings. The molecule has 8 nitrogen and oxygen atoms in total. The van der Waals surface area contributed by atoms with E-state index in [4.69, 9.17) is 13.9 Å². The highest BCUT2D eigenvalue weighted by molar-refractivity contribution is 5.93. The molecule has 3 rings (SSSR count). The fourth-order valence-corrected chi connectivity index (χ4v) is 2.95. The molecule has 8 heteroatoms. The van der Waals surface area contributed by atoms with Crippen LogP contribution in [0.25, 0.3) is 0 Å². The first-order chi connectivity index (χ1) is 15.6. The first-order valence-electron chi connectivity index (χ1n) is 11.3. The minimum absolute atomic E-state index is 0.133. The second-order valence-corrected chi connectivity index (χ2v) is 8.02. The van der Waals surface area contributed by atoms with Gasteiger partial charge in [0.25, 0.3) is 0 Å². The van der Waals surface area contributed by atoms with Crippen molar-refractivity contribution in [2.45, 2.75) is 45.8 Å². The quantitative estimate of drug-likeness (QED) is 0.249. The lowest BCUT2D eigenvalue weighted by atomic mass is 10.3. The van der Waals surface area contributed by atoms with Gasteiger partial charge in [-0.2, -0.15) is 0 Å².